The van der Waals surface area contributed by atoms with Gasteiger partial charge in [-0.05, 0) is 49.9 Å². The van der Waals surface area contributed by atoms with Gasteiger partial charge in [0.15, 0.2) is 0 Å². The van der Waals surface area contributed by atoms with Crippen LogP contribution in [-0.2, 0) is 14.3 Å². The number of carbonyl (C=O) groups excluding carboxylic acids is 1. The Morgan fingerprint density at radius 3 is 2.81 bits per heavy atom. The molecule has 0 saturated carbocycles. The lowest BCUT2D eigenvalue weighted by Crippen LogP contribution is -2.52. The van der Waals surface area contributed by atoms with Crippen LogP contribution in [0.2, 0.25) is 5.02 Å². The van der Waals surface area contributed by atoms with Gasteiger partial charge in [0.25, 0.3) is 0 Å². The fourth-order valence-corrected chi connectivity index (χ4v) is 3.37. The smallest absolute Gasteiger partial charge is 0.313 e. The standard InChI is InChI=1S/C19H26ClNO5/c1-14-11-15(6-7-16(14)20)26-10-3-5-17(22)21-9-4-8-19(12-21,13-25-2)18(23)24/h6-7,11H,3-5,8-10,12-13H2,1-2H3,(H,23,24). The van der Waals surface area contributed by atoms with Crippen molar-refractivity contribution in [3.63, 3.8) is 0 Å². The minimum Gasteiger partial charge on any atom is -0.494 e. The number of carbonyl (C=O) groups is 2. The van der Waals surface area contributed by atoms with E-state index in [1.807, 2.05) is 13.0 Å². The molecule has 0 bridgehead atoms. The number of benzene rings is 1. The summed E-state index contributed by atoms with van der Waals surface area (Å²) in [5, 5.41) is 10.2. The zero-order chi connectivity index (χ0) is 19.2. The largest absolute Gasteiger partial charge is 0.494 e. The second kappa shape index (κ2) is 9.24. The summed E-state index contributed by atoms with van der Waals surface area (Å²) in [6.07, 6.45) is 2.09. The molecule has 26 heavy (non-hydrogen) atoms. The van der Waals surface area contributed by atoms with E-state index in [1.54, 1.807) is 17.0 Å². The molecule has 1 fully saturated rings. The summed E-state index contributed by atoms with van der Waals surface area (Å²) < 4.78 is 10.7. The van der Waals surface area contributed by atoms with E-state index < -0.39 is 11.4 Å². The van der Waals surface area contributed by atoms with Crippen LogP contribution >= 0.6 is 11.6 Å². The third kappa shape index (κ3) is 5.11. The highest BCUT2D eigenvalue weighted by molar-refractivity contribution is 6.31. The Bertz CT molecular complexity index is 647. The Hall–Kier alpha value is -1.79. The molecule has 1 unspecified atom stereocenters. The van der Waals surface area contributed by atoms with E-state index in [1.165, 1.54) is 7.11 Å². The van der Waals surface area contributed by atoms with Gasteiger partial charge in [0.1, 0.15) is 11.2 Å². The van der Waals surface area contributed by atoms with Crippen LogP contribution in [0.4, 0.5) is 0 Å². The summed E-state index contributed by atoms with van der Waals surface area (Å²) in [5.74, 6) is -0.220. The van der Waals surface area contributed by atoms with Gasteiger partial charge in [-0.3, -0.25) is 9.59 Å². The molecule has 1 atom stereocenters. The normalized spacial score (nSPS) is 20.0. The van der Waals surface area contributed by atoms with Crippen molar-refractivity contribution in [1.29, 1.82) is 0 Å². The molecule has 0 aromatic heterocycles. The van der Waals surface area contributed by atoms with Gasteiger partial charge in [-0.25, -0.2) is 0 Å². The van der Waals surface area contributed by atoms with Gasteiger partial charge in [0.2, 0.25) is 5.91 Å². The lowest BCUT2D eigenvalue weighted by atomic mass is 9.80. The van der Waals surface area contributed by atoms with Gasteiger partial charge in [-0.1, -0.05) is 11.6 Å². The third-order valence-corrected chi connectivity index (χ3v) is 5.16. The first-order valence-corrected chi connectivity index (χ1v) is 9.15. The van der Waals surface area contributed by atoms with Gasteiger partial charge in [-0.15, -0.1) is 0 Å². The number of hydrogen-bond acceptors (Lipinski definition) is 4. The van der Waals surface area contributed by atoms with Gasteiger partial charge in [0, 0.05) is 31.6 Å². The van der Waals surface area contributed by atoms with Crippen molar-refractivity contribution < 1.29 is 24.2 Å². The van der Waals surface area contributed by atoms with Crippen molar-refractivity contribution >= 4 is 23.5 Å². The van der Waals surface area contributed by atoms with Crippen LogP contribution in [0.5, 0.6) is 5.75 Å². The van der Waals surface area contributed by atoms with Crippen LogP contribution < -0.4 is 4.74 Å². The first kappa shape index (κ1) is 20.5. The highest BCUT2D eigenvalue weighted by Gasteiger charge is 2.43. The SMILES string of the molecule is COCC1(C(=O)O)CCCN(C(=O)CCCOc2ccc(Cl)c(C)c2)C1. The second-order valence-corrected chi connectivity index (χ2v) is 7.21. The number of likely N-dealkylation sites (tertiary alicyclic amines) is 1. The highest BCUT2D eigenvalue weighted by atomic mass is 35.5. The Morgan fingerprint density at radius 2 is 2.15 bits per heavy atom. The van der Waals surface area contributed by atoms with Gasteiger partial charge in [0.05, 0.1) is 13.2 Å². The number of aryl methyl sites for hydroxylation is 1. The second-order valence-electron chi connectivity index (χ2n) is 6.80. The molecule has 1 N–H and O–H groups in total. The van der Waals surface area contributed by atoms with Gasteiger partial charge >= 0.3 is 5.97 Å². The maximum atomic E-state index is 12.4. The number of aliphatic carboxylic acids is 1. The molecule has 6 nitrogen and oxygen atoms in total. The minimum atomic E-state index is -1.00. The highest BCUT2D eigenvalue weighted by Crippen LogP contribution is 2.31. The van der Waals surface area contributed by atoms with Crippen molar-refractivity contribution in [1.82, 2.24) is 4.90 Å². The van der Waals surface area contributed by atoms with Crippen LogP contribution in [0.3, 0.4) is 0 Å². The number of nitrogens with zero attached hydrogens (tertiary/aromatic N) is 1. The molecule has 1 aliphatic heterocycles. The van der Waals surface area contributed by atoms with Crippen molar-refractivity contribution in [3.05, 3.63) is 28.8 Å². The number of hydrogen-bond donors (Lipinski definition) is 1. The van der Waals surface area contributed by atoms with Crippen LogP contribution in [-0.4, -0.2) is 55.3 Å². The van der Waals surface area contributed by atoms with Crippen LogP contribution in [0.25, 0.3) is 0 Å². The number of carboxylic acids is 1. The summed E-state index contributed by atoms with van der Waals surface area (Å²) in [6.45, 7) is 3.23. The van der Waals surface area contributed by atoms with E-state index in [0.29, 0.717) is 43.9 Å². The average Bonchev–Trinajstić information content (AvgIpc) is 2.62. The number of methoxy groups -OCH3 is 1. The molecule has 1 amide bonds. The molecular weight excluding hydrogens is 358 g/mol. The predicted molar refractivity (Wildman–Crippen MR) is 98.7 cm³/mol. The number of rotatable bonds is 8. The Morgan fingerprint density at radius 1 is 1.38 bits per heavy atom. The summed E-state index contributed by atoms with van der Waals surface area (Å²) in [6, 6.07) is 5.45. The molecule has 0 radical (unpaired) electrons. The zero-order valence-corrected chi connectivity index (χ0v) is 16.1. The van der Waals surface area contributed by atoms with Gasteiger partial charge < -0.3 is 19.5 Å². The van der Waals surface area contributed by atoms with Crippen LogP contribution in [0, 0.1) is 12.3 Å². The number of carboxylic acid groups (broad SMARTS) is 1. The molecule has 0 spiro atoms. The number of piperidine rings is 1. The quantitative estimate of drug-likeness (QED) is 0.698. The molecule has 144 valence electrons. The van der Waals surface area contributed by atoms with E-state index in [2.05, 4.69) is 0 Å². The Labute approximate surface area is 159 Å². The predicted octanol–water partition coefficient (Wildman–Crippen LogP) is 3.15. The van der Waals surface area contributed by atoms with Crippen molar-refractivity contribution in [2.75, 3.05) is 33.4 Å². The summed E-state index contributed by atoms with van der Waals surface area (Å²) in [7, 11) is 1.49. The lowest BCUT2D eigenvalue weighted by molar-refractivity contribution is -0.159. The van der Waals surface area contributed by atoms with Crippen LogP contribution in [0.1, 0.15) is 31.2 Å². The molecule has 1 heterocycles. The first-order chi connectivity index (χ1) is 12.4. The molecular formula is C19H26ClNO5. The van der Waals surface area contributed by atoms with E-state index >= 15 is 0 Å². The third-order valence-electron chi connectivity index (χ3n) is 4.74. The summed E-state index contributed by atoms with van der Waals surface area (Å²) in [5.41, 5.74) is -0.0586. The topological polar surface area (TPSA) is 76.1 Å². The fraction of sp³-hybridized carbons (Fsp3) is 0.579. The first-order valence-electron chi connectivity index (χ1n) is 8.77. The van der Waals surface area contributed by atoms with E-state index in [-0.39, 0.29) is 19.1 Å². The summed E-state index contributed by atoms with van der Waals surface area (Å²) >= 11 is 5.98. The maximum absolute atomic E-state index is 12.4. The van der Waals surface area contributed by atoms with E-state index in [4.69, 9.17) is 21.1 Å². The fourth-order valence-electron chi connectivity index (χ4n) is 3.25. The van der Waals surface area contributed by atoms with Crippen LogP contribution in [0.15, 0.2) is 18.2 Å². The van der Waals surface area contributed by atoms with E-state index in [0.717, 1.165) is 11.3 Å². The van der Waals surface area contributed by atoms with Crippen molar-refractivity contribution in [2.24, 2.45) is 5.41 Å². The average molecular weight is 384 g/mol. The molecule has 0 aliphatic carbocycles. The molecule has 1 aromatic carbocycles. The summed E-state index contributed by atoms with van der Waals surface area (Å²) in [4.78, 5) is 25.7. The molecule has 2 rings (SSSR count). The van der Waals surface area contributed by atoms with Gasteiger partial charge in [-0.2, -0.15) is 0 Å². The van der Waals surface area contributed by atoms with Crippen molar-refractivity contribution in [2.45, 2.75) is 32.6 Å². The monoisotopic (exact) mass is 383 g/mol. The maximum Gasteiger partial charge on any atom is 0.313 e. The van der Waals surface area contributed by atoms with E-state index in [9.17, 15) is 14.7 Å². The lowest BCUT2D eigenvalue weighted by Gasteiger charge is -2.39. The Kier molecular flexibility index (Phi) is 7.29. The number of amides is 1. The zero-order valence-electron chi connectivity index (χ0n) is 15.3. The van der Waals surface area contributed by atoms with Crippen molar-refractivity contribution in [3.8, 4) is 5.75 Å². The molecule has 1 saturated heterocycles. The number of halogens is 1. The Balaban J connectivity index is 1.81. The molecule has 7 heteroatoms. The molecule has 1 aromatic rings. The number of ether oxygens (including phenoxy) is 2. The molecule has 1 aliphatic rings. The minimum absolute atomic E-state index is 0.0395.